The molecule has 0 bridgehead atoms. The highest BCUT2D eigenvalue weighted by Crippen LogP contribution is 2.23. The lowest BCUT2D eigenvalue weighted by Gasteiger charge is -2.05. The lowest BCUT2D eigenvalue weighted by atomic mass is 10.0. The molecule has 0 spiro atoms. The molecule has 0 saturated heterocycles. The molecule has 0 radical (unpaired) electrons. The Morgan fingerprint density at radius 1 is 1.26 bits per heavy atom. The fourth-order valence-electron chi connectivity index (χ4n) is 1.71. The summed E-state index contributed by atoms with van der Waals surface area (Å²) < 4.78 is 14.3. The quantitative estimate of drug-likeness (QED) is 0.720. The van der Waals surface area contributed by atoms with Crippen molar-refractivity contribution in [3.63, 3.8) is 0 Å². The molecule has 0 aliphatic carbocycles. The van der Waals surface area contributed by atoms with Gasteiger partial charge in [0.25, 0.3) is 0 Å². The summed E-state index contributed by atoms with van der Waals surface area (Å²) in [5.74, 6) is -0.518. The van der Waals surface area contributed by atoms with E-state index >= 15 is 0 Å². The zero-order chi connectivity index (χ0) is 14.0. The van der Waals surface area contributed by atoms with Crippen LogP contribution in [0.25, 0.3) is 0 Å². The second-order valence-electron chi connectivity index (χ2n) is 4.30. The van der Waals surface area contributed by atoms with Gasteiger partial charge in [0.05, 0.1) is 0 Å². The van der Waals surface area contributed by atoms with Crippen LogP contribution >= 0.6 is 27.5 Å². The Balaban J connectivity index is 2.23. The Hall–Kier alpha value is -1.19. The summed E-state index contributed by atoms with van der Waals surface area (Å²) in [6, 6.07) is 9.85. The van der Waals surface area contributed by atoms with Crippen LogP contribution in [0.5, 0.6) is 0 Å². The van der Waals surface area contributed by atoms with Crippen LogP contribution in [0.3, 0.4) is 0 Å². The van der Waals surface area contributed by atoms with E-state index in [4.69, 9.17) is 11.6 Å². The molecule has 0 aliphatic rings. The fraction of sp³-hybridized carbons (Fsp3) is 0.133. The smallest absolute Gasteiger partial charge is 0.167 e. The van der Waals surface area contributed by atoms with Gasteiger partial charge in [0.1, 0.15) is 5.82 Å². The molecular formula is C15H11BrClFO. The van der Waals surface area contributed by atoms with Crippen LogP contribution in [-0.2, 0) is 6.42 Å². The molecule has 98 valence electrons. The molecule has 0 aromatic heterocycles. The highest BCUT2D eigenvalue weighted by molar-refractivity contribution is 9.10. The van der Waals surface area contributed by atoms with E-state index in [9.17, 15) is 9.18 Å². The Kier molecular flexibility index (Phi) is 4.38. The highest BCUT2D eigenvalue weighted by Gasteiger charge is 2.11. The maximum Gasteiger partial charge on any atom is 0.167 e. The minimum Gasteiger partial charge on any atom is -0.294 e. The van der Waals surface area contributed by atoms with Gasteiger partial charge in [-0.1, -0.05) is 45.7 Å². The molecule has 0 amide bonds. The van der Waals surface area contributed by atoms with Crippen LogP contribution in [0.15, 0.2) is 40.9 Å². The van der Waals surface area contributed by atoms with Gasteiger partial charge in [-0.2, -0.15) is 0 Å². The van der Waals surface area contributed by atoms with Crippen molar-refractivity contribution in [3.05, 3.63) is 68.4 Å². The molecule has 0 N–H and O–H groups in total. The van der Waals surface area contributed by atoms with E-state index in [1.54, 1.807) is 31.2 Å². The molecule has 2 aromatic rings. The summed E-state index contributed by atoms with van der Waals surface area (Å²) in [6.45, 7) is 1.66. The number of aryl methyl sites for hydroxylation is 1. The van der Waals surface area contributed by atoms with Gasteiger partial charge in [0, 0.05) is 21.5 Å². The number of hydrogen-bond donors (Lipinski definition) is 0. The second kappa shape index (κ2) is 5.85. The minimum atomic E-state index is -0.368. The number of ketones is 1. The van der Waals surface area contributed by atoms with Crippen molar-refractivity contribution in [3.8, 4) is 0 Å². The van der Waals surface area contributed by atoms with Gasteiger partial charge >= 0.3 is 0 Å². The van der Waals surface area contributed by atoms with Crippen LogP contribution in [0.1, 0.15) is 21.5 Å². The Bertz CT molecular complexity index is 640. The van der Waals surface area contributed by atoms with Crippen LogP contribution in [0, 0.1) is 12.7 Å². The van der Waals surface area contributed by atoms with Crippen molar-refractivity contribution in [1.29, 1.82) is 0 Å². The molecule has 4 heteroatoms. The van der Waals surface area contributed by atoms with Crippen molar-refractivity contribution in [2.45, 2.75) is 13.3 Å². The average molecular weight is 342 g/mol. The molecule has 0 saturated carbocycles. The first-order valence-corrected chi connectivity index (χ1v) is 6.88. The van der Waals surface area contributed by atoms with Gasteiger partial charge in [0.15, 0.2) is 5.78 Å². The van der Waals surface area contributed by atoms with E-state index in [-0.39, 0.29) is 18.0 Å². The Morgan fingerprint density at radius 2 is 2.00 bits per heavy atom. The van der Waals surface area contributed by atoms with Gasteiger partial charge in [-0.3, -0.25) is 4.79 Å². The van der Waals surface area contributed by atoms with Gasteiger partial charge in [-0.05, 0) is 36.2 Å². The molecule has 0 atom stereocenters. The first kappa shape index (κ1) is 14.2. The van der Waals surface area contributed by atoms with Crippen LogP contribution in [-0.4, -0.2) is 5.78 Å². The number of hydrogen-bond acceptors (Lipinski definition) is 1. The maximum absolute atomic E-state index is 13.4. The first-order chi connectivity index (χ1) is 8.97. The van der Waals surface area contributed by atoms with Crippen molar-refractivity contribution < 1.29 is 9.18 Å². The molecule has 2 rings (SSSR count). The van der Waals surface area contributed by atoms with Crippen LogP contribution in [0.2, 0.25) is 5.02 Å². The van der Waals surface area contributed by atoms with Crippen LogP contribution in [0.4, 0.5) is 4.39 Å². The summed E-state index contributed by atoms with van der Waals surface area (Å²) >= 11 is 9.37. The number of carbonyl (C=O) groups is 1. The zero-order valence-corrected chi connectivity index (χ0v) is 12.6. The number of carbonyl (C=O) groups excluding carboxylic acids is 1. The largest absolute Gasteiger partial charge is 0.294 e. The third kappa shape index (κ3) is 3.43. The summed E-state index contributed by atoms with van der Waals surface area (Å²) in [5.41, 5.74) is 1.62. The number of Topliss-reactive ketones (excluding diaryl/α,β-unsaturated/α-hetero) is 1. The predicted octanol–water partition coefficient (Wildman–Crippen LogP) is 4.98. The third-order valence-electron chi connectivity index (χ3n) is 2.86. The Labute approximate surface area is 124 Å². The minimum absolute atomic E-state index is 0.150. The first-order valence-electron chi connectivity index (χ1n) is 5.70. The van der Waals surface area contributed by atoms with E-state index in [1.165, 1.54) is 6.07 Å². The SMILES string of the molecule is Cc1ccc(C(=O)Cc2ccc(Br)cc2Cl)cc1F. The zero-order valence-electron chi connectivity index (χ0n) is 10.2. The normalized spacial score (nSPS) is 10.5. The number of rotatable bonds is 3. The summed E-state index contributed by atoms with van der Waals surface area (Å²) in [4.78, 5) is 12.1. The van der Waals surface area contributed by atoms with Gasteiger partial charge in [0.2, 0.25) is 0 Å². The third-order valence-corrected chi connectivity index (χ3v) is 3.71. The van der Waals surface area contributed by atoms with Crippen molar-refractivity contribution in [1.82, 2.24) is 0 Å². The summed E-state index contributed by atoms with van der Waals surface area (Å²) in [5, 5.41) is 0.523. The van der Waals surface area contributed by atoms with Crippen molar-refractivity contribution >= 4 is 33.3 Å². The molecule has 0 aliphatic heterocycles. The molecule has 1 nitrogen and oxygen atoms in total. The van der Waals surface area contributed by atoms with Gasteiger partial charge in [-0.25, -0.2) is 4.39 Å². The molecule has 0 heterocycles. The van der Waals surface area contributed by atoms with Crippen LogP contribution < -0.4 is 0 Å². The van der Waals surface area contributed by atoms with E-state index in [0.29, 0.717) is 16.1 Å². The molecule has 0 fully saturated rings. The highest BCUT2D eigenvalue weighted by atomic mass is 79.9. The predicted molar refractivity (Wildman–Crippen MR) is 78.3 cm³/mol. The van der Waals surface area contributed by atoms with Crippen molar-refractivity contribution in [2.75, 3.05) is 0 Å². The van der Waals surface area contributed by atoms with E-state index < -0.39 is 0 Å². The average Bonchev–Trinajstić information content (AvgIpc) is 2.36. The molecule has 19 heavy (non-hydrogen) atoms. The monoisotopic (exact) mass is 340 g/mol. The topological polar surface area (TPSA) is 17.1 Å². The van der Waals surface area contributed by atoms with Gasteiger partial charge < -0.3 is 0 Å². The second-order valence-corrected chi connectivity index (χ2v) is 5.62. The summed E-state index contributed by atoms with van der Waals surface area (Å²) in [7, 11) is 0. The fourth-order valence-corrected chi connectivity index (χ4v) is 2.45. The maximum atomic E-state index is 13.4. The number of halogens is 3. The molecule has 0 unspecified atom stereocenters. The standard InChI is InChI=1S/C15H11BrClFO/c1-9-2-3-11(6-14(9)18)15(19)7-10-4-5-12(16)8-13(10)17/h2-6,8H,7H2,1H3. The van der Waals surface area contributed by atoms with E-state index in [2.05, 4.69) is 15.9 Å². The van der Waals surface area contributed by atoms with Crippen molar-refractivity contribution in [2.24, 2.45) is 0 Å². The molecular weight excluding hydrogens is 331 g/mol. The lowest BCUT2D eigenvalue weighted by Crippen LogP contribution is -2.05. The lowest BCUT2D eigenvalue weighted by molar-refractivity contribution is 0.0992. The number of benzene rings is 2. The Morgan fingerprint density at radius 3 is 2.63 bits per heavy atom. The summed E-state index contributed by atoms with van der Waals surface area (Å²) in [6.07, 6.45) is 0.161. The van der Waals surface area contributed by atoms with Gasteiger partial charge in [-0.15, -0.1) is 0 Å². The molecule has 2 aromatic carbocycles. The van der Waals surface area contributed by atoms with E-state index in [1.807, 2.05) is 6.07 Å². The van der Waals surface area contributed by atoms with E-state index in [0.717, 1.165) is 10.0 Å².